The summed E-state index contributed by atoms with van der Waals surface area (Å²) >= 11 is 6.83. The number of imide groups is 1. The van der Waals surface area contributed by atoms with Gasteiger partial charge in [-0.05, 0) is 70.9 Å². The molecule has 1 aliphatic rings. The molecule has 0 bridgehead atoms. The highest BCUT2D eigenvalue weighted by Gasteiger charge is 2.35. The predicted octanol–water partition coefficient (Wildman–Crippen LogP) is 6.21. The maximum Gasteiger partial charge on any atom is 0.293 e. The monoisotopic (exact) mass is 528 g/mol. The molecule has 4 rings (SSSR count). The molecule has 1 aliphatic heterocycles. The summed E-state index contributed by atoms with van der Waals surface area (Å²) in [6.45, 7) is 0.0956. The van der Waals surface area contributed by atoms with Crippen LogP contribution < -0.4 is 9.47 Å². The molecule has 0 aromatic heterocycles. The van der Waals surface area contributed by atoms with Gasteiger partial charge in [0.2, 0.25) is 0 Å². The van der Waals surface area contributed by atoms with Crippen LogP contribution in [0.4, 0.5) is 14.9 Å². The van der Waals surface area contributed by atoms with Crippen LogP contribution in [0.1, 0.15) is 16.7 Å². The second-order valence-corrected chi connectivity index (χ2v) is 9.03. The number of ether oxygens (including phenoxy) is 2. The fourth-order valence-corrected chi connectivity index (χ4v) is 4.44. The molecule has 0 atom stereocenters. The molecule has 1 fully saturated rings. The number of benzene rings is 3. The van der Waals surface area contributed by atoms with Crippen LogP contribution in [0.25, 0.3) is 6.08 Å². The smallest absolute Gasteiger partial charge is 0.293 e. The molecule has 0 radical (unpaired) electrons. The van der Waals surface area contributed by atoms with E-state index in [1.807, 2.05) is 0 Å². The third-order valence-corrected chi connectivity index (χ3v) is 6.50. The first kappa shape index (κ1) is 25.2. The van der Waals surface area contributed by atoms with Crippen molar-refractivity contribution in [2.24, 2.45) is 0 Å². The molecule has 3 aromatic rings. The summed E-state index contributed by atoms with van der Waals surface area (Å²) in [5.74, 6) is -0.148. The van der Waals surface area contributed by atoms with Gasteiger partial charge in [0.15, 0.2) is 11.5 Å². The van der Waals surface area contributed by atoms with E-state index in [0.717, 1.165) is 28.3 Å². The number of nitrogens with zero attached hydrogens (tertiary/aromatic N) is 2. The number of non-ortho nitro benzene ring substituents is 1. The zero-order valence-electron chi connectivity index (χ0n) is 18.8. The number of hydrogen-bond acceptors (Lipinski definition) is 7. The topological polar surface area (TPSA) is 99.0 Å². The molecule has 184 valence electrons. The summed E-state index contributed by atoms with van der Waals surface area (Å²) in [6, 6.07) is 14.8. The number of carbonyl (C=O) groups is 2. The Bertz CT molecular complexity index is 1380. The lowest BCUT2D eigenvalue weighted by atomic mass is 10.1. The minimum Gasteiger partial charge on any atom is -0.493 e. The molecule has 8 nitrogen and oxygen atoms in total. The summed E-state index contributed by atoms with van der Waals surface area (Å²) in [7, 11) is 1.47. The molecule has 0 N–H and O–H groups in total. The van der Waals surface area contributed by atoms with Gasteiger partial charge in [0, 0.05) is 17.2 Å². The molecule has 1 heterocycles. The van der Waals surface area contributed by atoms with E-state index in [9.17, 15) is 24.1 Å². The first-order valence-corrected chi connectivity index (χ1v) is 11.7. The van der Waals surface area contributed by atoms with E-state index in [0.29, 0.717) is 22.6 Å². The highest BCUT2D eigenvalue weighted by atomic mass is 35.5. The summed E-state index contributed by atoms with van der Waals surface area (Å²) in [4.78, 5) is 36.9. The number of methoxy groups -OCH3 is 1. The summed E-state index contributed by atoms with van der Waals surface area (Å²) in [5.41, 5.74) is 1.80. The second-order valence-electron chi connectivity index (χ2n) is 7.63. The quantitative estimate of drug-likeness (QED) is 0.195. The Labute approximate surface area is 214 Å². The first-order chi connectivity index (χ1) is 17.2. The maximum absolute atomic E-state index is 13.3. The molecular formula is C25H18ClFN2O6S. The van der Waals surface area contributed by atoms with Crippen molar-refractivity contribution in [2.75, 3.05) is 7.11 Å². The standard InChI is InChI=1S/C25H18ClFN2O6S/c1-34-22-10-16(4-9-21(22)35-14-15-2-7-19(8-3-15)29(32)33)11-23-24(30)28(25(31)36-23)13-17-5-6-18(27)12-20(17)26/h2-12H,13-14H2,1H3/b23-11-. The Morgan fingerprint density at radius 2 is 1.83 bits per heavy atom. The largest absolute Gasteiger partial charge is 0.493 e. The number of nitro groups is 1. The Balaban J connectivity index is 1.47. The van der Waals surface area contributed by atoms with Crippen molar-refractivity contribution in [1.29, 1.82) is 0 Å². The average Bonchev–Trinajstić information content (AvgIpc) is 3.12. The van der Waals surface area contributed by atoms with Crippen LogP contribution >= 0.6 is 23.4 Å². The first-order valence-electron chi connectivity index (χ1n) is 10.5. The van der Waals surface area contributed by atoms with E-state index >= 15 is 0 Å². The van der Waals surface area contributed by atoms with E-state index in [4.69, 9.17) is 21.1 Å². The predicted molar refractivity (Wildman–Crippen MR) is 133 cm³/mol. The summed E-state index contributed by atoms with van der Waals surface area (Å²) in [6.07, 6.45) is 1.57. The van der Waals surface area contributed by atoms with E-state index in [1.54, 1.807) is 36.4 Å². The molecule has 11 heteroatoms. The average molecular weight is 529 g/mol. The molecule has 0 spiro atoms. The molecule has 3 aromatic carbocycles. The number of carbonyl (C=O) groups excluding carboxylic acids is 2. The van der Waals surface area contributed by atoms with Crippen molar-refractivity contribution >= 4 is 46.3 Å². The Morgan fingerprint density at radius 3 is 2.50 bits per heavy atom. The molecule has 1 saturated heterocycles. The fourth-order valence-electron chi connectivity index (χ4n) is 3.38. The zero-order valence-corrected chi connectivity index (χ0v) is 20.3. The van der Waals surface area contributed by atoms with Crippen molar-refractivity contribution in [3.63, 3.8) is 0 Å². The van der Waals surface area contributed by atoms with Gasteiger partial charge in [0.05, 0.1) is 23.5 Å². The van der Waals surface area contributed by atoms with Gasteiger partial charge in [-0.3, -0.25) is 24.6 Å². The van der Waals surface area contributed by atoms with Crippen LogP contribution in [-0.4, -0.2) is 28.1 Å². The Morgan fingerprint density at radius 1 is 1.08 bits per heavy atom. The van der Waals surface area contributed by atoms with Crippen LogP contribution in [0, 0.1) is 15.9 Å². The van der Waals surface area contributed by atoms with E-state index in [2.05, 4.69) is 0 Å². The van der Waals surface area contributed by atoms with Gasteiger partial charge in [0.1, 0.15) is 12.4 Å². The fraction of sp³-hybridized carbons (Fsp3) is 0.120. The number of thioether (sulfide) groups is 1. The Hall–Kier alpha value is -3.89. The third-order valence-electron chi connectivity index (χ3n) is 5.24. The molecule has 0 unspecified atom stereocenters. The molecule has 0 saturated carbocycles. The third kappa shape index (κ3) is 5.67. The number of nitro benzene ring substituents is 1. The van der Waals surface area contributed by atoms with Crippen LogP contribution in [-0.2, 0) is 17.9 Å². The Kier molecular flexibility index (Phi) is 7.56. The lowest BCUT2D eigenvalue weighted by Gasteiger charge is -2.13. The van der Waals surface area contributed by atoms with E-state index < -0.39 is 21.9 Å². The summed E-state index contributed by atoms with van der Waals surface area (Å²) in [5, 5.41) is 10.5. The SMILES string of the molecule is COc1cc(/C=C2\SC(=O)N(Cc3ccc(F)cc3Cl)C2=O)ccc1OCc1ccc([N+](=O)[O-])cc1. The number of rotatable bonds is 8. The van der Waals surface area contributed by atoms with Crippen molar-refractivity contribution in [2.45, 2.75) is 13.2 Å². The van der Waals surface area contributed by atoms with Crippen LogP contribution in [0.2, 0.25) is 5.02 Å². The van der Waals surface area contributed by atoms with Gasteiger partial charge in [-0.15, -0.1) is 0 Å². The number of halogens is 2. The minimum atomic E-state index is -0.507. The van der Waals surface area contributed by atoms with Gasteiger partial charge >= 0.3 is 0 Å². The van der Waals surface area contributed by atoms with Gasteiger partial charge in [-0.1, -0.05) is 23.7 Å². The number of amides is 2. The summed E-state index contributed by atoms with van der Waals surface area (Å²) < 4.78 is 24.5. The highest BCUT2D eigenvalue weighted by Crippen LogP contribution is 2.36. The number of hydrogen-bond donors (Lipinski definition) is 0. The van der Waals surface area contributed by atoms with Crippen molar-refractivity contribution in [3.8, 4) is 11.5 Å². The lowest BCUT2D eigenvalue weighted by Crippen LogP contribution is -2.27. The van der Waals surface area contributed by atoms with Gasteiger partial charge < -0.3 is 9.47 Å². The van der Waals surface area contributed by atoms with E-state index in [-0.39, 0.29) is 28.8 Å². The van der Waals surface area contributed by atoms with Crippen molar-refractivity contribution < 1.29 is 28.4 Å². The second kappa shape index (κ2) is 10.8. The van der Waals surface area contributed by atoms with Crippen LogP contribution in [0.15, 0.2) is 65.6 Å². The normalized spacial score (nSPS) is 14.4. The van der Waals surface area contributed by atoms with Crippen molar-refractivity contribution in [3.05, 3.63) is 103 Å². The minimum absolute atomic E-state index is 0.00846. The van der Waals surface area contributed by atoms with Gasteiger partial charge in [-0.25, -0.2) is 4.39 Å². The van der Waals surface area contributed by atoms with Gasteiger partial charge in [0.25, 0.3) is 16.8 Å². The maximum atomic E-state index is 13.3. The molecule has 2 amide bonds. The van der Waals surface area contributed by atoms with Crippen molar-refractivity contribution in [1.82, 2.24) is 4.90 Å². The molecule has 0 aliphatic carbocycles. The van der Waals surface area contributed by atoms with Gasteiger partial charge in [-0.2, -0.15) is 0 Å². The van der Waals surface area contributed by atoms with E-state index in [1.165, 1.54) is 31.4 Å². The zero-order chi connectivity index (χ0) is 25.8. The lowest BCUT2D eigenvalue weighted by molar-refractivity contribution is -0.384. The highest BCUT2D eigenvalue weighted by molar-refractivity contribution is 8.18. The van der Waals surface area contributed by atoms with Crippen LogP contribution in [0.3, 0.4) is 0 Å². The molecule has 36 heavy (non-hydrogen) atoms. The van der Waals surface area contributed by atoms with Crippen LogP contribution in [0.5, 0.6) is 11.5 Å². The molecular weight excluding hydrogens is 511 g/mol.